The molecular weight excluding hydrogens is 284 g/mol. The molecule has 1 unspecified atom stereocenters. The molecule has 7 atom stereocenters. The van der Waals surface area contributed by atoms with E-state index >= 15 is 0 Å². The Hall–Kier alpha value is -0.920. The van der Waals surface area contributed by atoms with Gasteiger partial charge < -0.3 is 0 Å². The fourth-order valence-corrected chi connectivity index (χ4v) is 7.01. The highest BCUT2D eigenvalue weighted by Crippen LogP contribution is 2.66. The van der Waals surface area contributed by atoms with Crippen LogP contribution in [0.2, 0.25) is 0 Å². The monoisotopic (exact) mass is 316 g/mol. The summed E-state index contributed by atoms with van der Waals surface area (Å²) in [6, 6.07) is 0. The Labute approximate surface area is 141 Å². The van der Waals surface area contributed by atoms with Crippen molar-refractivity contribution in [1.82, 2.24) is 0 Å². The van der Waals surface area contributed by atoms with Crippen LogP contribution < -0.4 is 0 Å². The lowest BCUT2D eigenvalue weighted by molar-refractivity contribution is -0.128. The summed E-state index contributed by atoms with van der Waals surface area (Å²) in [6.07, 6.45) is 8.59. The lowest BCUT2D eigenvalue weighted by Gasteiger charge is -2.58. The number of hydrogen-bond donors (Lipinski definition) is 0. The van der Waals surface area contributed by atoms with Crippen LogP contribution in [-0.4, -0.2) is 11.6 Å². The van der Waals surface area contributed by atoms with E-state index in [1.807, 2.05) is 6.08 Å². The molecule has 3 fully saturated rings. The first-order chi connectivity index (χ1) is 11.3. The predicted octanol–water partition coefficient (Wildman–Crippen LogP) is 4.72. The second-order valence-electron chi connectivity index (χ2n) is 9.03. The number of carbonyl (C=O) groups excluding carboxylic acids is 2. The molecule has 0 amide bonds. The van der Waals surface area contributed by atoms with Gasteiger partial charge in [0.05, 0.1) is 0 Å². The van der Waals surface area contributed by atoms with E-state index in [1.54, 1.807) is 6.92 Å². The standard InChI is InChI=1S/C21H30O2/c1-13(22)17-6-7-18-16-5-4-14-12-15(23)8-10-20(14,2)19(16)9-11-21(17,18)3/h12,16-19H,4-11H2,1-3H3/t16-,17+,18-,19-,20-,21+/m0/s1/i10T/t10?,16-,17+,18-,19-,20-,21+. The zero-order valence-electron chi connectivity index (χ0n) is 15.7. The highest BCUT2D eigenvalue weighted by molar-refractivity contribution is 5.91. The maximum absolute atomic E-state index is 12.2. The van der Waals surface area contributed by atoms with E-state index in [9.17, 15) is 9.59 Å². The summed E-state index contributed by atoms with van der Waals surface area (Å²) in [4.78, 5) is 24.1. The van der Waals surface area contributed by atoms with Crippen molar-refractivity contribution in [2.75, 3.05) is 0 Å². The van der Waals surface area contributed by atoms with E-state index in [2.05, 4.69) is 13.8 Å². The van der Waals surface area contributed by atoms with Crippen LogP contribution in [0.25, 0.3) is 0 Å². The summed E-state index contributed by atoms with van der Waals surface area (Å²) in [5, 5.41) is 0. The molecule has 0 aromatic rings. The number of fused-ring (bicyclic) bond motifs is 5. The lowest BCUT2D eigenvalue weighted by Crippen LogP contribution is -2.51. The SMILES string of the molecule is [3H]C1CC(=O)C=C2CC[C@H]3[C@@H]4CC[C@H](C(C)=O)[C@@]4(C)CC[C@@H]3[C@]21C. The van der Waals surface area contributed by atoms with Crippen molar-refractivity contribution in [3.8, 4) is 0 Å². The number of carbonyl (C=O) groups is 2. The topological polar surface area (TPSA) is 34.1 Å². The van der Waals surface area contributed by atoms with Crippen molar-refractivity contribution in [3.05, 3.63) is 11.6 Å². The van der Waals surface area contributed by atoms with Gasteiger partial charge in [0.1, 0.15) is 5.78 Å². The van der Waals surface area contributed by atoms with Gasteiger partial charge >= 0.3 is 0 Å². The number of allylic oxidation sites excluding steroid dienone is 1. The van der Waals surface area contributed by atoms with Gasteiger partial charge in [0.15, 0.2) is 5.78 Å². The van der Waals surface area contributed by atoms with Crippen molar-refractivity contribution in [1.29, 1.82) is 0 Å². The summed E-state index contributed by atoms with van der Waals surface area (Å²) in [6.45, 7) is 6.41. The Morgan fingerprint density at radius 3 is 2.70 bits per heavy atom. The van der Waals surface area contributed by atoms with Gasteiger partial charge in [-0.1, -0.05) is 19.4 Å². The molecule has 126 valence electrons. The highest BCUT2D eigenvalue weighted by atomic mass is 16.1. The fraction of sp³-hybridized carbons (Fsp3) is 0.810. The smallest absolute Gasteiger partial charge is 0.155 e. The fourth-order valence-electron chi connectivity index (χ4n) is 7.01. The lowest BCUT2D eigenvalue weighted by atomic mass is 9.47. The van der Waals surface area contributed by atoms with Crippen molar-refractivity contribution >= 4 is 11.6 Å². The number of ketones is 2. The van der Waals surface area contributed by atoms with Gasteiger partial charge in [0.2, 0.25) is 0 Å². The summed E-state index contributed by atoms with van der Waals surface area (Å²) >= 11 is 0. The maximum Gasteiger partial charge on any atom is 0.155 e. The van der Waals surface area contributed by atoms with Gasteiger partial charge in [-0.2, -0.15) is 0 Å². The molecule has 0 radical (unpaired) electrons. The van der Waals surface area contributed by atoms with Crippen LogP contribution in [-0.2, 0) is 9.59 Å². The normalized spacial score (nSPS) is 52.8. The van der Waals surface area contributed by atoms with E-state index in [0.717, 1.165) is 32.1 Å². The summed E-state index contributed by atoms with van der Waals surface area (Å²) in [5.74, 6) is 2.57. The summed E-state index contributed by atoms with van der Waals surface area (Å²) < 4.78 is 8.68. The van der Waals surface area contributed by atoms with E-state index < -0.39 is 0 Å². The van der Waals surface area contributed by atoms with Crippen molar-refractivity contribution < 1.29 is 11.0 Å². The second kappa shape index (κ2) is 5.04. The molecule has 0 heterocycles. The molecule has 2 nitrogen and oxygen atoms in total. The number of rotatable bonds is 1. The van der Waals surface area contributed by atoms with Crippen molar-refractivity contribution in [2.45, 2.75) is 72.1 Å². The molecule has 0 aromatic carbocycles. The minimum Gasteiger partial charge on any atom is -0.300 e. The zero-order valence-corrected chi connectivity index (χ0v) is 14.7. The molecule has 23 heavy (non-hydrogen) atoms. The van der Waals surface area contributed by atoms with Crippen LogP contribution in [0.1, 0.15) is 73.5 Å². The Morgan fingerprint density at radius 2 is 1.96 bits per heavy atom. The molecule has 0 saturated heterocycles. The quantitative estimate of drug-likeness (QED) is 0.701. The first-order valence-corrected chi connectivity index (χ1v) is 9.45. The van der Waals surface area contributed by atoms with Crippen LogP contribution in [0.5, 0.6) is 0 Å². The number of hydrogen-bond acceptors (Lipinski definition) is 2. The molecular formula is C21H30O2. The Balaban J connectivity index is 1.70. The van der Waals surface area contributed by atoms with E-state index in [1.165, 1.54) is 12.0 Å². The number of Topliss-reactive ketones (excluding diaryl/α,β-unsaturated/α-hetero) is 1. The van der Waals surface area contributed by atoms with Crippen molar-refractivity contribution in [3.63, 3.8) is 0 Å². The van der Waals surface area contributed by atoms with Gasteiger partial charge in [-0.15, -0.1) is 0 Å². The van der Waals surface area contributed by atoms with Crippen LogP contribution in [0.15, 0.2) is 11.6 Å². The molecule has 0 aromatic heterocycles. The molecule has 4 aliphatic rings. The van der Waals surface area contributed by atoms with Gasteiger partial charge in [-0.3, -0.25) is 9.59 Å². The highest BCUT2D eigenvalue weighted by Gasteiger charge is 2.59. The van der Waals surface area contributed by atoms with E-state index in [0.29, 0.717) is 30.0 Å². The Morgan fingerprint density at radius 1 is 1.17 bits per heavy atom. The first kappa shape index (κ1) is 14.4. The second-order valence-corrected chi connectivity index (χ2v) is 9.03. The molecule has 4 aliphatic carbocycles. The van der Waals surface area contributed by atoms with Crippen LogP contribution in [0.4, 0.5) is 0 Å². The van der Waals surface area contributed by atoms with Gasteiger partial charge in [0.25, 0.3) is 0 Å². The minimum atomic E-state index is -0.285. The molecule has 0 bridgehead atoms. The Kier molecular flexibility index (Phi) is 3.16. The zero-order chi connectivity index (χ0) is 17.3. The predicted molar refractivity (Wildman–Crippen MR) is 90.9 cm³/mol. The van der Waals surface area contributed by atoms with Crippen LogP contribution in [0.3, 0.4) is 0 Å². The first-order valence-electron chi connectivity index (χ1n) is 10.0. The van der Waals surface area contributed by atoms with Gasteiger partial charge in [-0.05, 0) is 86.5 Å². The summed E-state index contributed by atoms with van der Waals surface area (Å²) in [7, 11) is 0. The molecule has 0 aliphatic heterocycles. The third-order valence-corrected chi connectivity index (χ3v) is 8.20. The van der Waals surface area contributed by atoms with Crippen LogP contribution in [0, 0.1) is 34.5 Å². The minimum absolute atomic E-state index is 0.119. The average Bonchev–Trinajstić information content (AvgIpc) is 2.86. The third-order valence-electron chi connectivity index (χ3n) is 8.20. The molecule has 4 rings (SSSR count). The van der Waals surface area contributed by atoms with E-state index in [4.69, 9.17) is 1.37 Å². The third kappa shape index (κ3) is 2.06. The molecule has 0 N–H and O–H groups in total. The van der Waals surface area contributed by atoms with Gasteiger partial charge in [-0.25, -0.2) is 0 Å². The molecule has 3 saturated carbocycles. The van der Waals surface area contributed by atoms with Gasteiger partial charge in [0, 0.05) is 13.7 Å². The molecule has 2 heteroatoms. The van der Waals surface area contributed by atoms with E-state index in [-0.39, 0.29) is 28.9 Å². The largest absolute Gasteiger partial charge is 0.300 e. The molecule has 0 spiro atoms. The summed E-state index contributed by atoms with van der Waals surface area (Å²) in [5.41, 5.74) is 1.31. The van der Waals surface area contributed by atoms with Crippen LogP contribution >= 0.6 is 0 Å². The average molecular weight is 316 g/mol. The van der Waals surface area contributed by atoms with Crippen molar-refractivity contribution in [2.24, 2.45) is 34.5 Å². The maximum atomic E-state index is 12.2. The Bertz CT molecular complexity index is 623.